The number of hydrogen-bond donors (Lipinski definition) is 0. The molecule has 6 heteroatoms. The lowest BCUT2D eigenvalue weighted by molar-refractivity contribution is 1.01. The molecule has 41 heavy (non-hydrogen) atoms. The largest absolute Gasteiger partial charge is 0.244 e. The van der Waals surface area contributed by atoms with Crippen molar-refractivity contribution in [2.75, 3.05) is 0 Å². The molecule has 0 spiro atoms. The van der Waals surface area contributed by atoms with E-state index in [1.165, 1.54) is 0 Å². The summed E-state index contributed by atoms with van der Waals surface area (Å²) in [5, 5.41) is 0.648. The summed E-state index contributed by atoms with van der Waals surface area (Å²) in [7, 11) is 0. The molecule has 0 saturated carbocycles. The Balaban J connectivity index is 1.40. The van der Waals surface area contributed by atoms with E-state index in [9.17, 15) is 0 Å². The van der Waals surface area contributed by atoms with E-state index < -0.39 is 0 Å². The van der Waals surface area contributed by atoms with Gasteiger partial charge in [-0.05, 0) is 43.2 Å². The van der Waals surface area contributed by atoms with Crippen molar-refractivity contribution < 1.29 is 0 Å². The van der Waals surface area contributed by atoms with Crippen LogP contribution in [0.15, 0.2) is 121 Å². The molecule has 0 saturated heterocycles. The minimum atomic E-state index is 0.605. The summed E-state index contributed by atoms with van der Waals surface area (Å²) in [5.74, 6) is 1.91. The third kappa shape index (κ3) is 5.15. The first-order valence-electron chi connectivity index (χ1n) is 13.5. The highest BCUT2D eigenvalue weighted by atomic mass is 35.5. The fraction of sp³-hybridized carbons (Fsp3) is 0.0571. The molecule has 0 amide bonds. The van der Waals surface area contributed by atoms with Gasteiger partial charge >= 0.3 is 0 Å². The number of halogens is 1. The van der Waals surface area contributed by atoms with Crippen LogP contribution in [-0.4, -0.2) is 24.9 Å². The van der Waals surface area contributed by atoms with E-state index in [0.717, 1.165) is 63.1 Å². The molecule has 2 aromatic heterocycles. The Morgan fingerprint density at radius 1 is 0.488 bits per heavy atom. The quantitative estimate of drug-likeness (QED) is 0.215. The van der Waals surface area contributed by atoms with Gasteiger partial charge in [0.2, 0.25) is 0 Å². The number of benzene rings is 4. The molecule has 0 bridgehead atoms. The minimum Gasteiger partial charge on any atom is -0.244 e. The number of aromatic nitrogens is 5. The molecule has 2 heterocycles. The van der Waals surface area contributed by atoms with Crippen molar-refractivity contribution >= 4 is 28.2 Å². The molecule has 0 unspecified atom stereocenters. The number of rotatable bonds is 5. The van der Waals surface area contributed by atoms with Crippen LogP contribution in [-0.2, 0) is 0 Å². The molecule has 0 radical (unpaired) electrons. The second-order valence-electron chi connectivity index (χ2n) is 9.81. The lowest BCUT2D eigenvalue weighted by atomic mass is 10.0. The molecule has 0 atom stereocenters. The predicted molar refractivity (Wildman–Crippen MR) is 166 cm³/mol. The van der Waals surface area contributed by atoms with Gasteiger partial charge in [0.1, 0.15) is 0 Å². The van der Waals surface area contributed by atoms with Crippen molar-refractivity contribution in [3.8, 4) is 45.3 Å². The Bertz CT molecular complexity index is 1960. The molecular weight excluding hydrogens is 526 g/mol. The molecule has 0 N–H and O–H groups in total. The van der Waals surface area contributed by atoms with Gasteiger partial charge < -0.3 is 0 Å². The van der Waals surface area contributed by atoms with Crippen molar-refractivity contribution in [2.45, 2.75) is 12.8 Å². The van der Waals surface area contributed by atoms with Gasteiger partial charge in [0.15, 0.2) is 17.5 Å². The van der Waals surface area contributed by atoms with Gasteiger partial charge in [-0.1, -0.05) is 103 Å². The topological polar surface area (TPSA) is 64.5 Å². The van der Waals surface area contributed by atoms with Crippen molar-refractivity contribution in [3.63, 3.8) is 0 Å². The van der Waals surface area contributed by atoms with Crippen LogP contribution in [0, 0.1) is 0 Å². The molecule has 1 aliphatic carbocycles. The maximum Gasteiger partial charge on any atom is 0.164 e. The average molecular weight is 550 g/mol. The summed E-state index contributed by atoms with van der Waals surface area (Å²) < 4.78 is 0. The highest BCUT2D eigenvalue weighted by Crippen LogP contribution is 2.34. The van der Waals surface area contributed by atoms with E-state index in [0.29, 0.717) is 22.5 Å². The van der Waals surface area contributed by atoms with Crippen molar-refractivity contribution in [1.82, 2.24) is 24.9 Å². The van der Waals surface area contributed by atoms with Crippen LogP contribution in [0.3, 0.4) is 0 Å². The fourth-order valence-corrected chi connectivity index (χ4v) is 5.16. The summed E-state index contributed by atoms with van der Waals surface area (Å²) >= 11 is 6.38. The van der Waals surface area contributed by atoms with Crippen LogP contribution in [0.1, 0.15) is 18.7 Å². The number of hydrogen-bond acceptors (Lipinski definition) is 5. The van der Waals surface area contributed by atoms with E-state index in [2.05, 4.69) is 24.3 Å². The first-order chi connectivity index (χ1) is 20.2. The first kappa shape index (κ1) is 25.0. The monoisotopic (exact) mass is 549 g/mol. The Hall–Kier alpha value is -5.00. The highest BCUT2D eigenvalue weighted by Gasteiger charge is 2.17. The lowest BCUT2D eigenvalue weighted by Gasteiger charge is -2.13. The number of nitrogens with zero attached hydrogens (tertiary/aromatic N) is 5. The summed E-state index contributed by atoms with van der Waals surface area (Å²) in [6, 6.07) is 33.8. The molecule has 196 valence electrons. The first-order valence-corrected chi connectivity index (χ1v) is 13.9. The van der Waals surface area contributed by atoms with Crippen LogP contribution >= 0.6 is 11.6 Å². The highest BCUT2D eigenvalue weighted by molar-refractivity contribution is 6.30. The molecular formula is C35H24ClN5. The molecule has 0 fully saturated rings. The SMILES string of the molecule is Clc1cccc(-c2nc3ccccc3nc2-c2cccc(-c3nc(C4=CCCC=C4)nc(-c4ccccc4)n3)c2)c1. The number of para-hydroxylation sites is 2. The zero-order valence-corrected chi connectivity index (χ0v) is 22.8. The summed E-state index contributed by atoms with van der Waals surface area (Å²) in [6.07, 6.45) is 8.44. The van der Waals surface area contributed by atoms with Gasteiger partial charge in [-0.15, -0.1) is 0 Å². The second-order valence-corrected chi connectivity index (χ2v) is 10.2. The number of fused-ring (bicyclic) bond motifs is 1. The summed E-state index contributed by atoms with van der Waals surface area (Å²) in [4.78, 5) is 24.8. The standard InChI is InChI=1S/C35H24ClN5/c36-28-18-10-16-26(22-28)32-31(37-29-19-7-8-20-30(29)38-32)25-15-9-17-27(21-25)35-40-33(23-11-3-1-4-12-23)39-34(41-35)24-13-5-2-6-14-24/h1,3-5,7-22H,2,6H2. The molecule has 1 aliphatic rings. The smallest absolute Gasteiger partial charge is 0.164 e. The molecule has 0 aliphatic heterocycles. The molecule has 4 aromatic carbocycles. The summed E-state index contributed by atoms with van der Waals surface area (Å²) in [6.45, 7) is 0. The van der Waals surface area contributed by atoms with E-state index in [1.54, 1.807) is 0 Å². The Labute approximate surface area is 243 Å². The summed E-state index contributed by atoms with van der Waals surface area (Å²) in [5.41, 5.74) is 7.82. The van der Waals surface area contributed by atoms with Crippen LogP contribution < -0.4 is 0 Å². The van der Waals surface area contributed by atoms with Crippen molar-refractivity contribution in [3.05, 3.63) is 132 Å². The van der Waals surface area contributed by atoms with E-state index in [4.69, 9.17) is 36.5 Å². The average Bonchev–Trinajstić information content (AvgIpc) is 3.05. The van der Waals surface area contributed by atoms with E-state index in [-0.39, 0.29) is 0 Å². The van der Waals surface area contributed by atoms with Gasteiger partial charge in [0, 0.05) is 32.8 Å². The van der Waals surface area contributed by atoms with Gasteiger partial charge in [0.25, 0.3) is 0 Å². The third-order valence-corrected chi connectivity index (χ3v) is 7.22. The number of allylic oxidation sites excluding steroid dienone is 4. The van der Waals surface area contributed by atoms with E-state index >= 15 is 0 Å². The molecule has 6 aromatic rings. The lowest BCUT2D eigenvalue weighted by Crippen LogP contribution is -2.03. The Morgan fingerprint density at radius 3 is 1.76 bits per heavy atom. The van der Waals surface area contributed by atoms with Gasteiger partial charge in [-0.3, -0.25) is 0 Å². The maximum absolute atomic E-state index is 6.38. The zero-order valence-electron chi connectivity index (χ0n) is 22.1. The third-order valence-electron chi connectivity index (χ3n) is 6.98. The van der Waals surface area contributed by atoms with Crippen molar-refractivity contribution in [1.29, 1.82) is 0 Å². The van der Waals surface area contributed by atoms with Crippen LogP contribution in [0.5, 0.6) is 0 Å². The Morgan fingerprint density at radius 2 is 1.07 bits per heavy atom. The van der Waals surface area contributed by atoms with Gasteiger partial charge in [-0.25, -0.2) is 24.9 Å². The van der Waals surface area contributed by atoms with Crippen LogP contribution in [0.4, 0.5) is 0 Å². The Kier molecular flexibility index (Phi) is 6.63. The minimum absolute atomic E-state index is 0.605. The predicted octanol–water partition coefficient (Wildman–Crippen LogP) is 8.87. The maximum atomic E-state index is 6.38. The van der Waals surface area contributed by atoms with E-state index in [1.807, 2.05) is 97.1 Å². The van der Waals surface area contributed by atoms with Gasteiger partial charge in [0.05, 0.1) is 22.4 Å². The fourth-order valence-electron chi connectivity index (χ4n) is 4.97. The molecule has 5 nitrogen and oxygen atoms in total. The second kappa shape index (κ2) is 10.9. The normalized spacial score (nSPS) is 12.9. The van der Waals surface area contributed by atoms with Crippen LogP contribution in [0.2, 0.25) is 5.02 Å². The van der Waals surface area contributed by atoms with Crippen LogP contribution in [0.25, 0.3) is 61.9 Å². The zero-order chi connectivity index (χ0) is 27.6. The van der Waals surface area contributed by atoms with Gasteiger partial charge in [-0.2, -0.15) is 0 Å². The van der Waals surface area contributed by atoms with Crippen molar-refractivity contribution in [2.24, 2.45) is 0 Å². The molecule has 7 rings (SSSR count).